The first-order valence-electron chi connectivity index (χ1n) is 9.96. The van der Waals surface area contributed by atoms with E-state index in [1.165, 1.54) is 17.3 Å². The van der Waals surface area contributed by atoms with Gasteiger partial charge in [-0.3, -0.25) is 0 Å². The lowest BCUT2D eigenvalue weighted by molar-refractivity contribution is 0.311. The van der Waals surface area contributed by atoms with E-state index in [-0.39, 0.29) is 0 Å². The number of para-hydroxylation sites is 1. The fourth-order valence-electron chi connectivity index (χ4n) is 3.14. The summed E-state index contributed by atoms with van der Waals surface area (Å²) in [5, 5.41) is 10.9. The standard InChI is InChI=1S/C25H28N2O2/c1-28-23-12-8-20(9-13-23)5-4-18-29-24-14-10-21(11-15-24)16-17-27-25-7-3-2-6-22(25)19-26/h2-3,6-15,19,26-27H,4-5,16-18H2,1H3. The summed E-state index contributed by atoms with van der Waals surface area (Å²) in [6, 6.07) is 24.4. The third kappa shape index (κ3) is 6.39. The van der Waals surface area contributed by atoms with Crippen molar-refractivity contribution in [2.45, 2.75) is 19.3 Å². The molecule has 0 heterocycles. The van der Waals surface area contributed by atoms with Gasteiger partial charge >= 0.3 is 0 Å². The van der Waals surface area contributed by atoms with Gasteiger partial charge in [0.15, 0.2) is 0 Å². The molecular weight excluding hydrogens is 360 g/mol. The molecular formula is C25H28N2O2. The zero-order chi connectivity index (χ0) is 20.3. The highest BCUT2D eigenvalue weighted by atomic mass is 16.5. The second-order valence-electron chi connectivity index (χ2n) is 6.85. The first-order valence-corrected chi connectivity index (χ1v) is 9.96. The molecule has 3 aromatic carbocycles. The van der Waals surface area contributed by atoms with Gasteiger partial charge in [0.25, 0.3) is 0 Å². The highest BCUT2D eigenvalue weighted by Gasteiger charge is 2.00. The van der Waals surface area contributed by atoms with Crippen molar-refractivity contribution in [2.75, 3.05) is 25.6 Å². The van der Waals surface area contributed by atoms with Gasteiger partial charge in [-0.2, -0.15) is 0 Å². The zero-order valence-electron chi connectivity index (χ0n) is 16.9. The van der Waals surface area contributed by atoms with Gasteiger partial charge in [0.05, 0.1) is 13.7 Å². The summed E-state index contributed by atoms with van der Waals surface area (Å²) in [5.41, 5.74) is 4.46. The Balaban J connectivity index is 1.37. The molecule has 0 aliphatic carbocycles. The van der Waals surface area contributed by atoms with E-state index >= 15 is 0 Å². The Hall–Kier alpha value is -3.27. The van der Waals surface area contributed by atoms with Crippen molar-refractivity contribution in [3.8, 4) is 11.5 Å². The van der Waals surface area contributed by atoms with Crippen molar-refractivity contribution in [1.29, 1.82) is 5.41 Å². The van der Waals surface area contributed by atoms with Crippen molar-refractivity contribution in [2.24, 2.45) is 0 Å². The first-order chi connectivity index (χ1) is 14.3. The summed E-state index contributed by atoms with van der Waals surface area (Å²) in [5.74, 6) is 1.80. The van der Waals surface area contributed by atoms with Gasteiger partial charge in [0.1, 0.15) is 11.5 Å². The minimum absolute atomic E-state index is 0.702. The van der Waals surface area contributed by atoms with E-state index < -0.39 is 0 Å². The summed E-state index contributed by atoms with van der Waals surface area (Å²) >= 11 is 0. The Kier molecular flexibility index (Phi) is 7.70. The quantitative estimate of drug-likeness (QED) is 0.343. The topological polar surface area (TPSA) is 54.3 Å². The monoisotopic (exact) mass is 388 g/mol. The normalized spacial score (nSPS) is 10.4. The van der Waals surface area contributed by atoms with Crippen LogP contribution in [0.1, 0.15) is 23.1 Å². The van der Waals surface area contributed by atoms with E-state index in [0.29, 0.717) is 6.61 Å². The SMILES string of the molecule is COc1ccc(CCCOc2ccc(CCNc3ccccc3C=N)cc2)cc1. The van der Waals surface area contributed by atoms with Crippen LogP contribution >= 0.6 is 0 Å². The highest BCUT2D eigenvalue weighted by molar-refractivity contribution is 5.85. The van der Waals surface area contributed by atoms with Crippen LogP contribution in [-0.4, -0.2) is 26.5 Å². The third-order valence-corrected chi connectivity index (χ3v) is 4.81. The van der Waals surface area contributed by atoms with Crippen LogP contribution in [0.5, 0.6) is 11.5 Å². The van der Waals surface area contributed by atoms with Crippen LogP contribution in [0.25, 0.3) is 0 Å². The molecule has 4 heteroatoms. The molecule has 4 nitrogen and oxygen atoms in total. The molecule has 3 aromatic rings. The molecule has 0 fully saturated rings. The Morgan fingerprint density at radius 1 is 0.828 bits per heavy atom. The molecule has 0 unspecified atom stereocenters. The number of methoxy groups -OCH3 is 1. The van der Waals surface area contributed by atoms with Gasteiger partial charge in [-0.1, -0.05) is 42.5 Å². The number of ether oxygens (including phenoxy) is 2. The van der Waals surface area contributed by atoms with Crippen molar-refractivity contribution in [1.82, 2.24) is 0 Å². The van der Waals surface area contributed by atoms with Crippen LogP contribution in [0, 0.1) is 5.41 Å². The summed E-state index contributed by atoms with van der Waals surface area (Å²) < 4.78 is 11.0. The van der Waals surface area contributed by atoms with Gasteiger partial charge in [-0.25, -0.2) is 0 Å². The fourth-order valence-corrected chi connectivity index (χ4v) is 3.14. The van der Waals surface area contributed by atoms with E-state index in [4.69, 9.17) is 14.9 Å². The number of hydrogen-bond acceptors (Lipinski definition) is 4. The predicted molar refractivity (Wildman–Crippen MR) is 120 cm³/mol. The molecule has 0 saturated carbocycles. The molecule has 0 radical (unpaired) electrons. The molecule has 0 bridgehead atoms. The van der Waals surface area contributed by atoms with Gasteiger partial charge in [-0.05, 0) is 60.7 Å². The molecule has 0 atom stereocenters. The molecule has 150 valence electrons. The van der Waals surface area contributed by atoms with Crippen LogP contribution in [-0.2, 0) is 12.8 Å². The lowest BCUT2D eigenvalue weighted by atomic mass is 10.1. The molecule has 0 spiro atoms. The van der Waals surface area contributed by atoms with Crippen LogP contribution in [0.15, 0.2) is 72.8 Å². The molecule has 2 N–H and O–H groups in total. The van der Waals surface area contributed by atoms with Crippen LogP contribution in [0.3, 0.4) is 0 Å². The Bertz CT molecular complexity index is 889. The Labute approximate surface area is 173 Å². The average Bonchev–Trinajstić information content (AvgIpc) is 2.78. The highest BCUT2D eigenvalue weighted by Crippen LogP contribution is 2.16. The second kappa shape index (κ2) is 10.9. The van der Waals surface area contributed by atoms with Gasteiger partial charge in [0.2, 0.25) is 0 Å². The third-order valence-electron chi connectivity index (χ3n) is 4.81. The molecule has 0 aromatic heterocycles. The van der Waals surface area contributed by atoms with Crippen molar-refractivity contribution in [3.63, 3.8) is 0 Å². The number of anilines is 1. The van der Waals surface area contributed by atoms with E-state index in [1.807, 2.05) is 48.5 Å². The number of aryl methyl sites for hydroxylation is 1. The number of rotatable bonds is 11. The largest absolute Gasteiger partial charge is 0.497 e. The lowest BCUT2D eigenvalue weighted by Gasteiger charge is -2.10. The summed E-state index contributed by atoms with van der Waals surface area (Å²) in [7, 11) is 1.68. The summed E-state index contributed by atoms with van der Waals surface area (Å²) in [4.78, 5) is 0. The molecule has 0 aliphatic heterocycles. The number of benzene rings is 3. The van der Waals surface area contributed by atoms with Crippen molar-refractivity contribution < 1.29 is 9.47 Å². The maximum absolute atomic E-state index is 7.46. The van der Waals surface area contributed by atoms with Crippen LogP contribution < -0.4 is 14.8 Å². The molecule has 0 aliphatic rings. The Morgan fingerprint density at radius 2 is 1.48 bits per heavy atom. The lowest BCUT2D eigenvalue weighted by Crippen LogP contribution is -2.06. The zero-order valence-corrected chi connectivity index (χ0v) is 16.9. The molecule has 3 rings (SSSR count). The molecule has 29 heavy (non-hydrogen) atoms. The van der Waals surface area contributed by atoms with Crippen molar-refractivity contribution >= 4 is 11.9 Å². The first kappa shape index (κ1) is 20.5. The fraction of sp³-hybridized carbons (Fsp3) is 0.240. The van der Waals surface area contributed by atoms with Crippen molar-refractivity contribution in [3.05, 3.63) is 89.5 Å². The maximum Gasteiger partial charge on any atom is 0.119 e. The number of nitrogens with one attached hydrogen (secondary N) is 2. The van der Waals surface area contributed by atoms with Gasteiger partial charge in [0, 0.05) is 24.0 Å². The van der Waals surface area contributed by atoms with Gasteiger partial charge < -0.3 is 20.2 Å². The number of hydrogen-bond donors (Lipinski definition) is 2. The van der Waals surface area contributed by atoms with E-state index in [9.17, 15) is 0 Å². The van der Waals surface area contributed by atoms with E-state index in [0.717, 1.165) is 48.6 Å². The summed E-state index contributed by atoms with van der Waals surface area (Å²) in [6.45, 7) is 1.53. The smallest absolute Gasteiger partial charge is 0.119 e. The maximum atomic E-state index is 7.46. The average molecular weight is 389 g/mol. The molecule has 0 amide bonds. The summed E-state index contributed by atoms with van der Waals surface area (Å²) in [6.07, 6.45) is 4.27. The predicted octanol–water partition coefficient (Wildman–Crippen LogP) is 5.36. The minimum Gasteiger partial charge on any atom is -0.497 e. The van der Waals surface area contributed by atoms with E-state index in [2.05, 4.69) is 29.6 Å². The Morgan fingerprint density at radius 3 is 2.17 bits per heavy atom. The minimum atomic E-state index is 0.702. The van der Waals surface area contributed by atoms with Crippen LogP contribution in [0.4, 0.5) is 5.69 Å². The van der Waals surface area contributed by atoms with E-state index in [1.54, 1.807) is 7.11 Å². The molecule has 0 saturated heterocycles. The van der Waals surface area contributed by atoms with Crippen LogP contribution in [0.2, 0.25) is 0 Å². The second-order valence-corrected chi connectivity index (χ2v) is 6.85. The van der Waals surface area contributed by atoms with Gasteiger partial charge in [-0.15, -0.1) is 0 Å².